The van der Waals surface area contributed by atoms with Crippen LogP contribution in [0.4, 0.5) is 0 Å². The summed E-state index contributed by atoms with van der Waals surface area (Å²) in [6, 6.07) is 0. The summed E-state index contributed by atoms with van der Waals surface area (Å²) in [7, 11) is 4.03. The first-order valence-electron chi connectivity index (χ1n) is 12.0. The van der Waals surface area contributed by atoms with Crippen LogP contribution in [0.15, 0.2) is 0 Å². The van der Waals surface area contributed by atoms with Crippen molar-refractivity contribution < 1.29 is 14.3 Å². The first-order valence-corrected chi connectivity index (χ1v) is 12.0. The van der Waals surface area contributed by atoms with Crippen molar-refractivity contribution in [3.8, 4) is 0 Å². The molecule has 0 aliphatic carbocycles. The molecule has 0 spiro atoms. The van der Waals surface area contributed by atoms with E-state index in [-0.39, 0.29) is 5.97 Å². The summed E-state index contributed by atoms with van der Waals surface area (Å²) in [5.74, 6) is -0.0779. The zero-order valence-electron chi connectivity index (χ0n) is 19.3. The fourth-order valence-corrected chi connectivity index (χ4v) is 3.28. The molecule has 0 atom stereocenters. The molecule has 0 heterocycles. The van der Waals surface area contributed by atoms with E-state index in [1.165, 1.54) is 83.5 Å². The Morgan fingerprint density at radius 1 is 0.643 bits per heavy atom. The number of esters is 1. The van der Waals surface area contributed by atoms with E-state index in [4.69, 9.17) is 9.47 Å². The molecule has 0 aromatic rings. The summed E-state index contributed by atoms with van der Waals surface area (Å²) in [5, 5.41) is 0. The van der Waals surface area contributed by atoms with Crippen LogP contribution in [0.3, 0.4) is 0 Å². The average molecular weight is 400 g/mol. The minimum atomic E-state index is -0.0779. The van der Waals surface area contributed by atoms with Crippen LogP contribution < -0.4 is 0 Å². The van der Waals surface area contributed by atoms with Crippen LogP contribution >= 0.6 is 0 Å². The van der Waals surface area contributed by atoms with Crippen LogP contribution in [0.2, 0.25) is 0 Å². The maximum absolute atomic E-state index is 11.6. The molecule has 0 aliphatic rings. The first-order chi connectivity index (χ1) is 13.7. The fraction of sp³-hybridized carbons (Fsp3) is 0.958. The SMILES string of the molecule is CCCCCCCCCCCCCCCCCC(=O)OCCOCCN(C)C. The Balaban J connectivity index is 3.13. The number of unbranched alkanes of at least 4 members (excludes halogenated alkanes) is 14. The van der Waals surface area contributed by atoms with E-state index in [1.54, 1.807) is 0 Å². The van der Waals surface area contributed by atoms with Gasteiger partial charge in [-0.25, -0.2) is 0 Å². The van der Waals surface area contributed by atoms with E-state index in [1.807, 2.05) is 14.1 Å². The summed E-state index contributed by atoms with van der Waals surface area (Å²) in [5.41, 5.74) is 0. The highest BCUT2D eigenvalue weighted by atomic mass is 16.6. The van der Waals surface area contributed by atoms with Crippen molar-refractivity contribution in [3.05, 3.63) is 0 Å². The Morgan fingerprint density at radius 3 is 1.57 bits per heavy atom. The molecule has 0 bridgehead atoms. The lowest BCUT2D eigenvalue weighted by Gasteiger charge is -2.10. The predicted molar refractivity (Wildman–Crippen MR) is 120 cm³/mol. The van der Waals surface area contributed by atoms with Crippen LogP contribution in [0.5, 0.6) is 0 Å². The maximum Gasteiger partial charge on any atom is 0.305 e. The third-order valence-electron chi connectivity index (χ3n) is 5.16. The number of carbonyl (C=O) groups is 1. The van der Waals surface area contributed by atoms with Gasteiger partial charge in [0.05, 0.1) is 13.2 Å². The summed E-state index contributed by atoms with van der Waals surface area (Å²) in [6.45, 7) is 4.74. The number of likely N-dealkylation sites (N-methyl/N-ethyl adjacent to an activating group) is 1. The highest BCUT2D eigenvalue weighted by molar-refractivity contribution is 5.69. The molecule has 0 rings (SSSR count). The Kier molecular flexibility index (Phi) is 22.2. The Morgan fingerprint density at radius 2 is 1.11 bits per heavy atom. The Hall–Kier alpha value is -0.610. The lowest BCUT2D eigenvalue weighted by molar-refractivity contribution is -0.145. The summed E-state index contributed by atoms with van der Waals surface area (Å²) in [6.07, 6.45) is 20.7. The van der Waals surface area contributed by atoms with E-state index in [0.717, 1.165) is 19.4 Å². The van der Waals surface area contributed by atoms with Crippen molar-refractivity contribution in [3.63, 3.8) is 0 Å². The molecule has 0 fully saturated rings. The minimum Gasteiger partial charge on any atom is -0.463 e. The van der Waals surface area contributed by atoms with E-state index in [9.17, 15) is 4.79 Å². The molecule has 0 aliphatic heterocycles. The number of carbonyl (C=O) groups excluding carboxylic acids is 1. The molecule has 0 saturated carbocycles. The van der Waals surface area contributed by atoms with Gasteiger partial charge in [0.1, 0.15) is 6.61 Å². The number of nitrogens with zero attached hydrogens (tertiary/aromatic N) is 1. The van der Waals surface area contributed by atoms with Gasteiger partial charge in [0.2, 0.25) is 0 Å². The van der Waals surface area contributed by atoms with E-state index in [2.05, 4.69) is 11.8 Å². The molecular formula is C24H49NO3. The van der Waals surface area contributed by atoms with Gasteiger partial charge in [-0.3, -0.25) is 4.79 Å². The number of ether oxygens (including phenoxy) is 2. The van der Waals surface area contributed by atoms with Crippen molar-refractivity contribution in [2.45, 2.75) is 110 Å². The first kappa shape index (κ1) is 27.4. The average Bonchev–Trinajstić information content (AvgIpc) is 2.67. The molecule has 168 valence electrons. The normalized spacial score (nSPS) is 11.3. The Bertz CT molecular complexity index is 321. The zero-order chi connectivity index (χ0) is 20.7. The van der Waals surface area contributed by atoms with Crippen molar-refractivity contribution in [1.29, 1.82) is 0 Å². The second-order valence-corrected chi connectivity index (χ2v) is 8.34. The predicted octanol–water partition coefficient (Wildman–Crippen LogP) is 6.37. The Labute approximate surface area is 175 Å². The topological polar surface area (TPSA) is 38.8 Å². The van der Waals surface area contributed by atoms with Gasteiger partial charge in [-0.15, -0.1) is 0 Å². The highest BCUT2D eigenvalue weighted by Gasteiger charge is 2.02. The van der Waals surface area contributed by atoms with Gasteiger partial charge >= 0.3 is 5.97 Å². The molecule has 4 heteroatoms. The number of hydrogen-bond acceptors (Lipinski definition) is 4. The molecule has 4 nitrogen and oxygen atoms in total. The smallest absolute Gasteiger partial charge is 0.305 e. The molecule has 0 aromatic carbocycles. The van der Waals surface area contributed by atoms with Crippen molar-refractivity contribution in [2.75, 3.05) is 40.5 Å². The summed E-state index contributed by atoms with van der Waals surface area (Å²) in [4.78, 5) is 13.7. The largest absolute Gasteiger partial charge is 0.463 e. The fourth-order valence-electron chi connectivity index (χ4n) is 3.28. The van der Waals surface area contributed by atoms with E-state index >= 15 is 0 Å². The highest BCUT2D eigenvalue weighted by Crippen LogP contribution is 2.13. The van der Waals surface area contributed by atoms with Crippen LogP contribution in [0.25, 0.3) is 0 Å². The van der Waals surface area contributed by atoms with Crippen molar-refractivity contribution >= 4 is 5.97 Å². The van der Waals surface area contributed by atoms with Gasteiger partial charge in [0.15, 0.2) is 0 Å². The van der Waals surface area contributed by atoms with E-state index < -0.39 is 0 Å². The minimum absolute atomic E-state index is 0.0779. The van der Waals surface area contributed by atoms with Crippen LogP contribution in [-0.4, -0.2) is 51.3 Å². The molecule has 28 heavy (non-hydrogen) atoms. The van der Waals surface area contributed by atoms with Gasteiger partial charge in [0, 0.05) is 13.0 Å². The lowest BCUT2D eigenvalue weighted by Crippen LogP contribution is -2.19. The molecule has 0 N–H and O–H groups in total. The molecular weight excluding hydrogens is 350 g/mol. The standard InChI is InChI=1S/C24H49NO3/c1-4-5-6-7-8-9-10-11-12-13-14-15-16-17-18-19-24(26)28-23-22-27-21-20-25(2)3/h4-23H2,1-3H3. The third kappa shape index (κ3) is 23.4. The quantitative estimate of drug-likeness (QED) is 0.157. The molecule has 0 aromatic heterocycles. The van der Waals surface area contributed by atoms with Gasteiger partial charge in [-0.05, 0) is 20.5 Å². The second-order valence-electron chi connectivity index (χ2n) is 8.34. The second kappa shape index (κ2) is 22.7. The monoisotopic (exact) mass is 399 g/mol. The summed E-state index contributed by atoms with van der Waals surface area (Å²) >= 11 is 0. The van der Waals surface area contributed by atoms with Gasteiger partial charge in [-0.2, -0.15) is 0 Å². The number of rotatable bonds is 22. The molecule has 0 radical (unpaired) electrons. The van der Waals surface area contributed by atoms with Gasteiger partial charge < -0.3 is 14.4 Å². The molecule has 0 amide bonds. The van der Waals surface area contributed by atoms with Crippen LogP contribution in [0.1, 0.15) is 110 Å². The van der Waals surface area contributed by atoms with Crippen LogP contribution in [-0.2, 0) is 14.3 Å². The van der Waals surface area contributed by atoms with Crippen molar-refractivity contribution in [2.24, 2.45) is 0 Å². The number of hydrogen-bond donors (Lipinski definition) is 0. The molecule has 0 unspecified atom stereocenters. The van der Waals surface area contributed by atoms with Gasteiger partial charge in [0.25, 0.3) is 0 Å². The van der Waals surface area contributed by atoms with E-state index in [0.29, 0.717) is 26.2 Å². The lowest BCUT2D eigenvalue weighted by atomic mass is 10.0. The van der Waals surface area contributed by atoms with Crippen LogP contribution in [0, 0.1) is 0 Å². The third-order valence-corrected chi connectivity index (χ3v) is 5.16. The summed E-state index contributed by atoms with van der Waals surface area (Å²) < 4.78 is 10.6. The molecule has 0 saturated heterocycles. The van der Waals surface area contributed by atoms with Gasteiger partial charge in [-0.1, -0.05) is 96.8 Å². The van der Waals surface area contributed by atoms with Crippen molar-refractivity contribution in [1.82, 2.24) is 4.90 Å². The maximum atomic E-state index is 11.6. The zero-order valence-corrected chi connectivity index (χ0v) is 19.3.